The van der Waals surface area contributed by atoms with Gasteiger partial charge in [-0.05, 0) is 19.4 Å². The van der Waals surface area contributed by atoms with E-state index in [9.17, 15) is 4.79 Å². The van der Waals surface area contributed by atoms with E-state index in [-0.39, 0.29) is 12.1 Å². The molecule has 2 aromatic rings. The molecular formula is C17H23N3O3. The number of hydrogen-bond acceptors (Lipinski definition) is 4. The Morgan fingerprint density at radius 1 is 1.35 bits per heavy atom. The summed E-state index contributed by atoms with van der Waals surface area (Å²) >= 11 is 0. The molecule has 1 unspecified atom stereocenters. The first-order valence-electron chi connectivity index (χ1n) is 7.51. The van der Waals surface area contributed by atoms with Gasteiger partial charge < -0.3 is 19.5 Å². The van der Waals surface area contributed by atoms with Crippen LogP contribution in [0.25, 0.3) is 0 Å². The summed E-state index contributed by atoms with van der Waals surface area (Å²) in [6.45, 7) is 4.58. The first-order valence-corrected chi connectivity index (χ1v) is 7.51. The van der Waals surface area contributed by atoms with Crippen LogP contribution in [0, 0.1) is 13.8 Å². The minimum absolute atomic E-state index is 0.164. The molecule has 1 heterocycles. The maximum Gasteiger partial charge on any atom is 0.317 e. The Morgan fingerprint density at radius 3 is 2.61 bits per heavy atom. The number of nitrogens with one attached hydrogen (secondary N) is 1. The lowest BCUT2D eigenvalue weighted by molar-refractivity contribution is 0.102. The normalized spacial score (nSPS) is 12.0. The van der Waals surface area contributed by atoms with Crippen molar-refractivity contribution in [2.24, 2.45) is 0 Å². The monoisotopic (exact) mass is 317 g/mol. The molecule has 1 aromatic heterocycles. The highest BCUT2D eigenvalue weighted by Crippen LogP contribution is 2.16. The number of hydrogen-bond donors (Lipinski definition) is 1. The van der Waals surface area contributed by atoms with Crippen molar-refractivity contribution < 1.29 is 14.1 Å². The average Bonchev–Trinajstić information content (AvgIpc) is 2.88. The number of nitrogens with zero attached hydrogens (tertiary/aromatic N) is 2. The van der Waals surface area contributed by atoms with E-state index in [1.807, 2.05) is 44.2 Å². The highest BCUT2D eigenvalue weighted by atomic mass is 16.5. The van der Waals surface area contributed by atoms with E-state index >= 15 is 0 Å². The number of rotatable bonds is 6. The molecule has 1 aromatic carbocycles. The highest BCUT2D eigenvalue weighted by Gasteiger charge is 2.17. The van der Waals surface area contributed by atoms with Crippen LogP contribution in [0.5, 0.6) is 0 Å². The first kappa shape index (κ1) is 17.0. The van der Waals surface area contributed by atoms with Crippen molar-refractivity contribution >= 4 is 6.03 Å². The molecule has 2 amide bonds. The van der Waals surface area contributed by atoms with E-state index < -0.39 is 0 Å². The number of carbonyl (C=O) groups is 1. The van der Waals surface area contributed by atoms with Crippen LogP contribution in [-0.4, -0.2) is 36.8 Å². The Balaban J connectivity index is 1.91. The van der Waals surface area contributed by atoms with Gasteiger partial charge in [-0.25, -0.2) is 4.79 Å². The van der Waals surface area contributed by atoms with Crippen molar-refractivity contribution in [3.05, 3.63) is 52.9 Å². The van der Waals surface area contributed by atoms with Gasteiger partial charge in [-0.15, -0.1) is 0 Å². The number of aryl methyl sites for hydroxylation is 2. The Kier molecular flexibility index (Phi) is 5.76. The van der Waals surface area contributed by atoms with Crippen molar-refractivity contribution in [2.45, 2.75) is 26.5 Å². The van der Waals surface area contributed by atoms with Gasteiger partial charge in [0.25, 0.3) is 0 Å². The van der Waals surface area contributed by atoms with E-state index in [0.29, 0.717) is 13.1 Å². The maximum absolute atomic E-state index is 12.3. The summed E-state index contributed by atoms with van der Waals surface area (Å²) in [7, 11) is 3.38. The largest absolute Gasteiger partial charge is 0.375 e. The van der Waals surface area contributed by atoms with Crippen LogP contribution >= 0.6 is 0 Å². The van der Waals surface area contributed by atoms with E-state index in [0.717, 1.165) is 22.6 Å². The summed E-state index contributed by atoms with van der Waals surface area (Å²) in [6.07, 6.45) is -0.174. The molecule has 0 bridgehead atoms. The van der Waals surface area contributed by atoms with Gasteiger partial charge in [-0.1, -0.05) is 35.5 Å². The summed E-state index contributed by atoms with van der Waals surface area (Å²) in [6, 6.07) is 9.65. The summed E-state index contributed by atoms with van der Waals surface area (Å²) in [5.74, 6) is 0.737. The zero-order valence-corrected chi connectivity index (χ0v) is 14.0. The first-order chi connectivity index (χ1) is 11.0. The zero-order valence-electron chi connectivity index (χ0n) is 14.0. The topological polar surface area (TPSA) is 67.6 Å². The van der Waals surface area contributed by atoms with Gasteiger partial charge in [-0.2, -0.15) is 0 Å². The van der Waals surface area contributed by atoms with Crippen LogP contribution in [0.1, 0.15) is 28.7 Å². The number of urea groups is 1. The van der Waals surface area contributed by atoms with Crippen LogP contribution < -0.4 is 5.32 Å². The molecule has 0 saturated heterocycles. The minimum atomic E-state index is -0.174. The average molecular weight is 317 g/mol. The lowest BCUT2D eigenvalue weighted by atomic mass is 10.1. The predicted octanol–water partition coefficient (Wildman–Crippen LogP) is 2.82. The van der Waals surface area contributed by atoms with Crippen molar-refractivity contribution in [3.63, 3.8) is 0 Å². The molecule has 0 radical (unpaired) electrons. The summed E-state index contributed by atoms with van der Waals surface area (Å²) in [5, 5.41) is 6.80. The van der Waals surface area contributed by atoms with Gasteiger partial charge >= 0.3 is 6.03 Å². The van der Waals surface area contributed by atoms with Crippen LogP contribution in [0.4, 0.5) is 4.79 Å². The van der Waals surface area contributed by atoms with Crippen molar-refractivity contribution in [3.8, 4) is 0 Å². The molecule has 23 heavy (non-hydrogen) atoms. The molecule has 0 fully saturated rings. The number of benzene rings is 1. The van der Waals surface area contributed by atoms with E-state index in [4.69, 9.17) is 9.26 Å². The smallest absolute Gasteiger partial charge is 0.317 e. The maximum atomic E-state index is 12.3. The standard InChI is InChI=1S/C17H23N3O3/c1-12-15(13(2)23-19-12)11-20(3)17(21)18-10-16(22-4)14-8-6-5-7-9-14/h5-9,16H,10-11H2,1-4H3,(H,18,21). The third-order valence-electron chi connectivity index (χ3n) is 3.82. The van der Waals surface area contributed by atoms with E-state index in [1.165, 1.54) is 0 Å². The summed E-state index contributed by atoms with van der Waals surface area (Å²) in [4.78, 5) is 13.9. The summed E-state index contributed by atoms with van der Waals surface area (Å²) in [5.41, 5.74) is 2.78. The Labute approximate surface area is 136 Å². The van der Waals surface area contributed by atoms with E-state index in [2.05, 4.69) is 10.5 Å². The van der Waals surface area contributed by atoms with Gasteiger partial charge in [0.15, 0.2) is 0 Å². The molecule has 1 N–H and O–H groups in total. The fourth-order valence-corrected chi connectivity index (χ4v) is 2.36. The molecule has 0 aliphatic heterocycles. The van der Waals surface area contributed by atoms with Gasteiger partial charge in [0.1, 0.15) is 5.76 Å². The molecule has 1 atom stereocenters. The number of amides is 2. The second kappa shape index (κ2) is 7.78. The molecule has 0 aliphatic rings. The van der Waals surface area contributed by atoms with Crippen LogP contribution in [0.3, 0.4) is 0 Å². The van der Waals surface area contributed by atoms with Gasteiger partial charge in [0.05, 0.1) is 18.3 Å². The van der Waals surface area contributed by atoms with Gasteiger partial charge in [-0.3, -0.25) is 0 Å². The molecule has 0 spiro atoms. The van der Waals surface area contributed by atoms with Crippen LogP contribution in [0.2, 0.25) is 0 Å². The van der Waals surface area contributed by atoms with Gasteiger partial charge in [0, 0.05) is 26.3 Å². The molecule has 124 valence electrons. The molecule has 2 rings (SSSR count). The molecule has 0 aliphatic carbocycles. The Bertz CT molecular complexity index is 620. The quantitative estimate of drug-likeness (QED) is 0.889. The highest BCUT2D eigenvalue weighted by molar-refractivity contribution is 5.73. The van der Waals surface area contributed by atoms with E-state index in [1.54, 1.807) is 19.1 Å². The zero-order chi connectivity index (χ0) is 16.8. The van der Waals surface area contributed by atoms with Crippen molar-refractivity contribution in [1.82, 2.24) is 15.4 Å². The summed E-state index contributed by atoms with van der Waals surface area (Å²) < 4.78 is 10.6. The predicted molar refractivity (Wildman–Crippen MR) is 87.0 cm³/mol. The molecule has 0 saturated carbocycles. The van der Waals surface area contributed by atoms with Crippen LogP contribution in [0.15, 0.2) is 34.9 Å². The Morgan fingerprint density at radius 2 is 2.04 bits per heavy atom. The Hall–Kier alpha value is -2.34. The second-order valence-electron chi connectivity index (χ2n) is 5.48. The third kappa shape index (κ3) is 4.32. The SMILES string of the molecule is COC(CNC(=O)N(C)Cc1c(C)noc1C)c1ccccc1. The van der Waals surface area contributed by atoms with Crippen LogP contribution in [-0.2, 0) is 11.3 Å². The number of aromatic nitrogens is 1. The number of ether oxygens (including phenoxy) is 1. The number of methoxy groups -OCH3 is 1. The fraction of sp³-hybridized carbons (Fsp3) is 0.412. The fourth-order valence-electron chi connectivity index (χ4n) is 2.36. The van der Waals surface area contributed by atoms with Gasteiger partial charge in [0.2, 0.25) is 0 Å². The minimum Gasteiger partial charge on any atom is -0.375 e. The van der Waals surface area contributed by atoms with Crippen molar-refractivity contribution in [1.29, 1.82) is 0 Å². The third-order valence-corrected chi connectivity index (χ3v) is 3.82. The molecule has 6 nitrogen and oxygen atoms in total. The molecule has 6 heteroatoms. The lowest BCUT2D eigenvalue weighted by Gasteiger charge is -2.21. The molecular weight excluding hydrogens is 294 g/mol. The lowest BCUT2D eigenvalue weighted by Crippen LogP contribution is -2.39. The van der Waals surface area contributed by atoms with Crippen molar-refractivity contribution in [2.75, 3.05) is 20.7 Å². The second-order valence-corrected chi connectivity index (χ2v) is 5.48. The number of carbonyl (C=O) groups excluding carboxylic acids is 1.